The second-order valence-electron chi connectivity index (χ2n) is 4.67. The third-order valence-corrected chi connectivity index (χ3v) is 4.06. The molecule has 4 nitrogen and oxygen atoms in total. The molecule has 1 heterocycles. The maximum atomic E-state index is 6.16. The maximum absolute atomic E-state index is 6.16. The summed E-state index contributed by atoms with van der Waals surface area (Å²) in [5.74, 6) is 1.35. The van der Waals surface area contributed by atoms with Crippen molar-refractivity contribution in [2.45, 2.75) is 31.7 Å². The zero-order chi connectivity index (χ0) is 11.8. The molecule has 0 spiro atoms. The summed E-state index contributed by atoms with van der Waals surface area (Å²) in [6.07, 6.45) is 2.45. The molecule has 0 radical (unpaired) electrons. The number of nitrogens with one attached hydrogen (secondary N) is 1. The molecule has 2 atom stereocenters. The van der Waals surface area contributed by atoms with Crippen molar-refractivity contribution in [1.29, 1.82) is 0 Å². The Bertz CT molecular complexity index is 383. The van der Waals surface area contributed by atoms with E-state index in [-0.39, 0.29) is 10.8 Å². The van der Waals surface area contributed by atoms with Gasteiger partial charge in [-0.15, -0.1) is 11.6 Å². The van der Waals surface area contributed by atoms with E-state index in [1.807, 2.05) is 0 Å². The van der Waals surface area contributed by atoms with Crippen LogP contribution in [-0.2, 0) is 0 Å². The maximum Gasteiger partial charge on any atom is 0.218 e. The summed E-state index contributed by atoms with van der Waals surface area (Å²) in [7, 11) is 1.59. The number of nitrogens with zero attached hydrogens (tertiary/aromatic N) is 2. The molecule has 2 rings (SSSR count). The predicted molar refractivity (Wildman–Crippen MR) is 64.0 cm³/mol. The van der Waals surface area contributed by atoms with Gasteiger partial charge in [-0.25, -0.2) is 9.97 Å². The summed E-state index contributed by atoms with van der Waals surface area (Å²) in [6.45, 7) is 4.31. The number of alkyl halides is 1. The topological polar surface area (TPSA) is 47.0 Å². The van der Waals surface area contributed by atoms with Crippen molar-refractivity contribution in [3.63, 3.8) is 0 Å². The van der Waals surface area contributed by atoms with Crippen LogP contribution in [0.3, 0.4) is 0 Å². The fraction of sp³-hybridized carbons (Fsp3) is 0.636. The van der Waals surface area contributed by atoms with Crippen molar-refractivity contribution >= 4 is 17.4 Å². The first-order valence-electron chi connectivity index (χ1n) is 5.30. The molecule has 1 aliphatic rings. The lowest BCUT2D eigenvalue weighted by molar-refractivity contribution is 0.168. The Hall–Kier alpha value is -1.03. The highest BCUT2D eigenvalue weighted by Gasteiger charge is 2.47. The smallest absolute Gasteiger partial charge is 0.218 e. The van der Waals surface area contributed by atoms with E-state index in [1.54, 1.807) is 13.2 Å². The number of ether oxygens (including phenoxy) is 1. The summed E-state index contributed by atoms with van der Waals surface area (Å²) in [6, 6.07) is 2.15. The number of hydrogen-bond donors (Lipinski definition) is 1. The van der Waals surface area contributed by atoms with Gasteiger partial charge in [-0.2, -0.15) is 0 Å². The lowest BCUT2D eigenvalue weighted by Gasteiger charge is -2.49. The number of halogens is 1. The number of hydrogen-bond acceptors (Lipinski definition) is 4. The molecular weight excluding hydrogens is 226 g/mol. The van der Waals surface area contributed by atoms with Gasteiger partial charge < -0.3 is 10.1 Å². The molecule has 1 aromatic rings. The van der Waals surface area contributed by atoms with E-state index in [1.165, 1.54) is 6.33 Å². The van der Waals surface area contributed by atoms with Crippen LogP contribution < -0.4 is 10.1 Å². The number of rotatable bonds is 3. The molecule has 2 unspecified atom stereocenters. The Labute approximate surface area is 100 Å². The predicted octanol–water partition coefficient (Wildman–Crippen LogP) is 2.30. The lowest BCUT2D eigenvalue weighted by atomic mass is 9.67. The van der Waals surface area contributed by atoms with Crippen molar-refractivity contribution in [2.75, 3.05) is 12.4 Å². The van der Waals surface area contributed by atoms with Gasteiger partial charge in [-0.1, -0.05) is 13.8 Å². The van der Waals surface area contributed by atoms with Gasteiger partial charge >= 0.3 is 0 Å². The highest BCUT2D eigenvalue weighted by atomic mass is 35.5. The summed E-state index contributed by atoms with van der Waals surface area (Å²) in [4.78, 5) is 8.12. The van der Waals surface area contributed by atoms with E-state index < -0.39 is 0 Å². The summed E-state index contributed by atoms with van der Waals surface area (Å²) in [5, 5.41) is 3.59. The quantitative estimate of drug-likeness (QED) is 0.825. The van der Waals surface area contributed by atoms with E-state index in [0.717, 1.165) is 12.2 Å². The first kappa shape index (κ1) is 11.5. The van der Waals surface area contributed by atoms with Crippen molar-refractivity contribution < 1.29 is 4.74 Å². The van der Waals surface area contributed by atoms with Crippen LogP contribution in [0.4, 0.5) is 5.82 Å². The molecule has 0 aromatic carbocycles. The molecule has 0 aliphatic heterocycles. The Kier molecular flexibility index (Phi) is 2.93. The van der Waals surface area contributed by atoms with Gasteiger partial charge in [-0.3, -0.25) is 0 Å². The van der Waals surface area contributed by atoms with E-state index in [4.69, 9.17) is 16.3 Å². The molecule has 0 bridgehead atoms. The second kappa shape index (κ2) is 4.09. The van der Waals surface area contributed by atoms with Crippen LogP contribution in [0.5, 0.6) is 5.88 Å². The molecule has 0 saturated heterocycles. The third-order valence-electron chi connectivity index (χ3n) is 3.32. The Morgan fingerprint density at radius 2 is 2.25 bits per heavy atom. The monoisotopic (exact) mass is 241 g/mol. The van der Waals surface area contributed by atoms with Crippen LogP contribution in [0.1, 0.15) is 20.3 Å². The number of anilines is 1. The van der Waals surface area contributed by atoms with Crippen LogP contribution in [0.2, 0.25) is 0 Å². The van der Waals surface area contributed by atoms with E-state index in [2.05, 4.69) is 29.1 Å². The second-order valence-corrected chi connectivity index (χ2v) is 5.19. The molecule has 5 heteroatoms. The minimum atomic E-state index is 0.0970. The number of aromatic nitrogens is 2. The molecule has 1 aliphatic carbocycles. The zero-order valence-corrected chi connectivity index (χ0v) is 10.5. The van der Waals surface area contributed by atoms with E-state index >= 15 is 0 Å². The SMILES string of the molecule is COc1cc(NC2CC(Cl)C2(C)C)ncn1. The minimum absolute atomic E-state index is 0.0970. The van der Waals surface area contributed by atoms with Gasteiger partial charge in [0.1, 0.15) is 12.1 Å². The fourth-order valence-corrected chi connectivity index (χ4v) is 2.16. The van der Waals surface area contributed by atoms with Gasteiger partial charge in [0.2, 0.25) is 5.88 Å². The fourth-order valence-electron chi connectivity index (χ4n) is 1.83. The van der Waals surface area contributed by atoms with Crippen LogP contribution in [0, 0.1) is 5.41 Å². The lowest BCUT2D eigenvalue weighted by Crippen LogP contribution is -2.54. The van der Waals surface area contributed by atoms with Gasteiger partial charge in [0.15, 0.2) is 0 Å². The van der Waals surface area contributed by atoms with Crippen LogP contribution >= 0.6 is 11.6 Å². The molecule has 16 heavy (non-hydrogen) atoms. The van der Waals surface area contributed by atoms with Gasteiger partial charge in [0.25, 0.3) is 0 Å². The average molecular weight is 242 g/mol. The molecule has 1 N–H and O–H groups in total. The van der Waals surface area contributed by atoms with Crippen molar-refractivity contribution in [2.24, 2.45) is 5.41 Å². The van der Waals surface area contributed by atoms with Crippen LogP contribution in [0.15, 0.2) is 12.4 Å². The zero-order valence-electron chi connectivity index (χ0n) is 9.70. The highest BCUT2D eigenvalue weighted by Crippen LogP contribution is 2.45. The minimum Gasteiger partial charge on any atom is -0.481 e. The van der Waals surface area contributed by atoms with Crippen molar-refractivity contribution in [3.8, 4) is 5.88 Å². The Balaban J connectivity index is 2.05. The van der Waals surface area contributed by atoms with Gasteiger partial charge in [-0.05, 0) is 6.42 Å². The van der Waals surface area contributed by atoms with E-state index in [0.29, 0.717) is 11.9 Å². The van der Waals surface area contributed by atoms with Crippen molar-refractivity contribution in [3.05, 3.63) is 12.4 Å². The molecule has 0 amide bonds. The molecule has 1 saturated carbocycles. The highest BCUT2D eigenvalue weighted by molar-refractivity contribution is 6.21. The summed E-state index contributed by atoms with van der Waals surface area (Å²) >= 11 is 6.16. The molecule has 1 fully saturated rings. The van der Waals surface area contributed by atoms with Gasteiger partial charge in [0.05, 0.1) is 7.11 Å². The van der Waals surface area contributed by atoms with E-state index in [9.17, 15) is 0 Å². The Morgan fingerprint density at radius 1 is 1.50 bits per heavy atom. The average Bonchev–Trinajstić information content (AvgIpc) is 2.29. The third kappa shape index (κ3) is 1.94. The van der Waals surface area contributed by atoms with Crippen LogP contribution in [-0.4, -0.2) is 28.5 Å². The largest absolute Gasteiger partial charge is 0.481 e. The molecule has 1 aromatic heterocycles. The van der Waals surface area contributed by atoms with Crippen molar-refractivity contribution in [1.82, 2.24) is 9.97 Å². The molecule has 88 valence electrons. The standard InChI is InChI=1S/C11H16ClN3O/c1-11(2)7(12)4-8(11)15-9-5-10(16-3)14-6-13-9/h5-8H,4H2,1-3H3,(H,13,14,15). The summed E-state index contributed by atoms with van der Waals surface area (Å²) in [5.41, 5.74) is 0.0970. The Morgan fingerprint density at radius 3 is 2.81 bits per heavy atom. The number of methoxy groups -OCH3 is 1. The summed E-state index contributed by atoms with van der Waals surface area (Å²) < 4.78 is 5.04. The van der Waals surface area contributed by atoms with Crippen LogP contribution in [0.25, 0.3) is 0 Å². The first-order chi connectivity index (χ1) is 7.54. The first-order valence-corrected chi connectivity index (χ1v) is 5.74. The molecular formula is C11H16ClN3O. The normalized spacial score (nSPS) is 27.0. The van der Waals surface area contributed by atoms with Gasteiger partial charge in [0, 0.05) is 22.9 Å².